The molecule has 0 aliphatic carbocycles. The van der Waals surface area contributed by atoms with Gasteiger partial charge in [-0.3, -0.25) is 9.59 Å². The maximum absolute atomic E-state index is 11.1. The predicted octanol–water partition coefficient (Wildman–Crippen LogP) is 0.113. The molecule has 4 nitrogen and oxygen atoms in total. The van der Waals surface area contributed by atoms with E-state index in [0.717, 1.165) is 39.1 Å². The maximum atomic E-state index is 11.1. The van der Waals surface area contributed by atoms with E-state index >= 15 is 0 Å². The topological polar surface area (TPSA) is 46.6 Å². The number of aldehydes is 1. The number of methoxy groups -OCH3 is 1. The van der Waals surface area contributed by atoms with E-state index in [9.17, 15) is 9.59 Å². The van der Waals surface area contributed by atoms with Crippen molar-refractivity contribution in [3.8, 4) is 0 Å². The minimum Gasteiger partial charge on any atom is -0.383 e. The molecule has 1 heterocycles. The number of likely N-dealkylation sites (tertiary alicyclic amines) is 1. The second-order valence-corrected chi connectivity index (χ2v) is 3.63. The molecule has 0 bridgehead atoms. The van der Waals surface area contributed by atoms with E-state index in [1.165, 1.54) is 0 Å². The van der Waals surface area contributed by atoms with Gasteiger partial charge < -0.3 is 9.64 Å². The Morgan fingerprint density at radius 1 is 1.50 bits per heavy atom. The summed E-state index contributed by atoms with van der Waals surface area (Å²) in [6, 6.07) is 0. The first-order chi connectivity index (χ1) is 6.77. The fraction of sp³-hybridized carbons (Fsp3) is 0.800. The van der Waals surface area contributed by atoms with E-state index in [4.69, 9.17) is 4.74 Å². The number of ketones is 1. The molecule has 0 amide bonds. The SMILES string of the molecule is COCCN1CCC(C(=O)C=O)CC1. The third-order valence-corrected chi connectivity index (χ3v) is 2.72. The molecule has 14 heavy (non-hydrogen) atoms. The van der Waals surface area contributed by atoms with Gasteiger partial charge >= 0.3 is 0 Å². The van der Waals surface area contributed by atoms with Crippen LogP contribution in [0, 0.1) is 5.92 Å². The zero-order chi connectivity index (χ0) is 10.4. The van der Waals surface area contributed by atoms with Crippen LogP contribution in [0.5, 0.6) is 0 Å². The number of carbonyl (C=O) groups is 2. The lowest BCUT2D eigenvalue weighted by atomic mass is 9.93. The first-order valence-corrected chi connectivity index (χ1v) is 4.98. The van der Waals surface area contributed by atoms with E-state index in [0.29, 0.717) is 6.29 Å². The monoisotopic (exact) mass is 199 g/mol. The number of rotatable bonds is 5. The summed E-state index contributed by atoms with van der Waals surface area (Å²) in [5.41, 5.74) is 0. The molecule has 0 N–H and O–H groups in total. The first kappa shape index (κ1) is 11.3. The van der Waals surface area contributed by atoms with Crippen LogP contribution in [0.15, 0.2) is 0 Å². The van der Waals surface area contributed by atoms with Gasteiger partial charge in [-0.05, 0) is 25.9 Å². The minimum atomic E-state index is -0.239. The molecule has 0 saturated carbocycles. The van der Waals surface area contributed by atoms with Crippen molar-refractivity contribution < 1.29 is 14.3 Å². The van der Waals surface area contributed by atoms with Crippen molar-refractivity contribution in [2.24, 2.45) is 5.92 Å². The standard InChI is InChI=1S/C10H17NO3/c1-14-7-6-11-4-2-9(3-5-11)10(13)8-12/h8-9H,2-7H2,1H3. The van der Waals surface area contributed by atoms with E-state index in [2.05, 4.69) is 4.90 Å². The maximum Gasteiger partial charge on any atom is 0.198 e. The number of carbonyl (C=O) groups excluding carboxylic acids is 2. The second-order valence-electron chi connectivity index (χ2n) is 3.63. The third-order valence-electron chi connectivity index (χ3n) is 2.72. The molecular formula is C10H17NO3. The summed E-state index contributed by atoms with van der Waals surface area (Å²) in [5.74, 6) is -0.275. The van der Waals surface area contributed by atoms with Crippen LogP contribution in [-0.2, 0) is 14.3 Å². The summed E-state index contributed by atoms with van der Waals surface area (Å²) in [5, 5.41) is 0. The minimum absolute atomic E-state index is 0.0358. The largest absolute Gasteiger partial charge is 0.383 e. The molecule has 1 aliphatic rings. The van der Waals surface area contributed by atoms with Crippen LogP contribution in [0.25, 0.3) is 0 Å². The van der Waals surface area contributed by atoms with Crippen molar-refractivity contribution in [1.29, 1.82) is 0 Å². The van der Waals surface area contributed by atoms with Crippen LogP contribution in [0.1, 0.15) is 12.8 Å². The van der Waals surface area contributed by atoms with Gasteiger partial charge in [0.2, 0.25) is 0 Å². The normalized spacial score (nSPS) is 19.5. The highest BCUT2D eigenvalue weighted by Gasteiger charge is 2.23. The van der Waals surface area contributed by atoms with Gasteiger partial charge in [0.1, 0.15) is 0 Å². The number of piperidine rings is 1. The molecule has 0 aromatic rings. The van der Waals surface area contributed by atoms with Crippen molar-refractivity contribution in [2.45, 2.75) is 12.8 Å². The fourth-order valence-corrected chi connectivity index (χ4v) is 1.76. The Morgan fingerprint density at radius 2 is 2.14 bits per heavy atom. The van der Waals surface area contributed by atoms with Crippen molar-refractivity contribution in [3.63, 3.8) is 0 Å². The summed E-state index contributed by atoms with van der Waals surface area (Å²) >= 11 is 0. The predicted molar refractivity (Wildman–Crippen MR) is 52.1 cm³/mol. The van der Waals surface area contributed by atoms with Crippen LogP contribution in [0.3, 0.4) is 0 Å². The molecule has 0 aromatic carbocycles. The van der Waals surface area contributed by atoms with Gasteiger partial charge in [-0.2, -0.15) is 0 Å². The van der Waals surface area contributed by atoms with Gasteiger partial charge in [0.25, 0.3) is 0 Å². The van der Waals surface area contributed by atoms with Crippen LogP contribution in [-0.4, -0.2) is 50.3 Å². The Morgan fingerprint density at radius 3 is 2.64 bits per heavy atom. The summed E-state index contributed by atoms with van der Waals surface area (Å²) < 4.78 is 4.98. The molecule has 4 heteroatoms. The summed E-state index contributed by atoms with van der Waals surface area (Å²) in [4.78, 5) is 23.6. The first-order valence-electron chi connectivity index (χ1n) is 4.98. The van der Waals surface area contributed by atoms with Crippen molar-refractivity contribution >= 4 is 12.1 Å². The number of hydrogen-bond acceptors (Lipinski definition) is 4. The number of Topliss-reactive ketones (excluding diaryl/α,β-unsaturated/α-hetero) is 1. The molecule has 0 radical (unpaired) electrons. The molecule has 1 fully saturated rings. The highest BCUT2D eigenvalue weighted by atomic mass is 16.5. The molecule has 0 spiro atoms. The van der Waals surface area contributed by atoms with Crippen LogP contribution in [0.4, 0.5) is 0 Å². The van der Waals surface area contributed by atoms with Gasteiger partial charge in [-0.25, -0.2) is 0 Å². The lowest BCUT2D eigenvalue weighted by Crippen LogP contribution is -2.38. The van der Waals surface area contributed by atoms with Crippen molar-refractivity contribution in [1.82, 2.24) is 4.90 Å². The fourth-order valence-electron chi connectivity index (χ4n) is 1.76. The van der Waals surface area contributed by atoms with Gasteiger partial charge in [0.05, 0.1) is 6.61 Å². The zero-order valence-electron chi connectivity index (χ0n) is 8.57. The average Bonchev–Trinajstić information content (AvgIpc) is 2.26. The Bertz CT molecular complexity index is 198. The molecule has 1 rings (SSSR count). The molecule has 0 unspecified atom stereocenters. The van der Waals surface area contributed by atoms with Gasteiger partial charge in [-0.1, -0.05) is 0 Å². The summed E-state index contributed by atoms with van der Waals surface area (Å²) in [6.45, 7) is 3.44. The Hall–Kier alpha value is -0.740. The lowest BCUT2D eigenvalue weighted by Gasteiger charge is -2.29. The van der Waals surface area contributed by atoms with E-state index in [1.54, 1.807) is 7.11 Å². The van der Waals surface area contributed by atoms with Crippen LogP contribution >= 0.6 is 0 Å². The van der Waals surface area contributed by atoms with Gasteiger partial charge in [0, 0.05) is 19.6 Å². The molecule has 0 aromatic heterocycles. The highest BCUT2D eigenvalue weighted by molar-refractivity contribution is 6.25. The molecular weight excluding hydrogens is 182 g/mol. The number of nitrogens with zero attached hydrogens (tertiary/aromatic N) is 1. The van der Waals surface area contributed by atoms with Crippen molar-refractivity contribution in [2.75, 3.05) is 33.4 Å². The van der Waals surface area contributed by atoms with E-state index in [1.807, 2.05) is 0 Å². The smallest absolute Gasteiger partial charge is 0.198 e. The van der Waals surface area contributed by atoms with Gasteiger partial charge in [0.15, 0.2) is 12.1 Å². The lowest BCUT2D eigenvalue weighted by molar-refractivity contribution is -0.133. The Kier molecular flexibility index (Phi) is 4.76. The molecule has 1 aliphatic heterocycles. The molecule has 1 saturated heterocycles. The average molecular weight is 199 g/mol. The van der Waals surface area contributed by atoms with Gasteiger partial charge in [-0.15, -0.1) is 0 Å². The van der Waals surface area contributed by atoms with Crippen LogP contribution in [0.2, 0.25) is 0 Å². The highest BCUT2D eigenvalue weighted by Crippen LogP contribution is 2.16. The Balaban J connectivity index is 2.24. The summed E-state index contributed by atoms with van der Waals surface area (Å²) in [6.07, 6.45) is 2.07. The van der Waals surface area contributed by atoms with Crippen LogP contribution < -0.4 is 0 Å². The van der Waals surface area contributed by atoms with Crippen molar-refractivity contribution in [3.05, 3.63) is 0 Å². The Labute approximate surface area is 84.2 Å². The molecule has 0 atom stereocenters. The van der Waals surface area contributed by atoms with E-state index < -0.39 is 0 Å². The summed E-state index contributed by atoms with van der Waals surface area (Å²) in [7, 11) is 1.68. The quantitative estimate of drug-likeness (QED) is 0.466. The van der Waals surface area contributed by atoms with E-state index in [-0.39, 0.29) is 11.7 Å². The third kappa shape index (κ3) is 3.20. The zero-order valence-corrected chi connectivity index (χ0v) is 8.57. The number of hydrogen-bond donors (Lipinski definition) is 0. The molecule has 80 valence electrons. The number of ether oxygens (including phenoxy) is 1. The second kappa shape index (κ2) is 5.88.